The Balaban J connectivity index is 1.99. The number of benzene rings is 1. The maximum atomic E-state index is 4.20. The highest BCUT2D eigenvalue weighted by Gasteiger charge is 2.10. The first-order valence-electron chi connectivity index (χ1n) is 5.89. The molecule has 2 nitrogen and oxygen atoms in total. The summed E-state index contributed by atoms with van der Waals surface area (Å²) in [6, 6.07) is 12.8. The molecule has 2 aromatic rings. The van der Waals surface area contributed by atoms with Crippen molar-refractivity contribution in [1.82, 2.24) is 9.78 Å². The van der Waals surface area contributed by atoms with Crippen LogP contribution < -0.4 is 0 Å². The Hall–Kier alpha value is -1.09. The van der Waals surface area contributed by atoms with Crippen molar-refractivity contribution in [1.29, 1.82) is 0 Å². The van der Waals surface area contributed by atoms with Gasteiger partial charge in [-0.3, -0.25) is 4.68 Å². The van der Waals surface area contributed by atoms with E-state index in [0.29, 0.717) is 5.92 Å². The third-order valence-electron chi connectivity index (χ3n) is 3.13. The third kappa shape index (κ3) is 3.19. The summed E-state index contributed by atoms with van der Waals surface area (Å²) < 4.78 is 1.95. The molecule has 1 aromatic heterocycles. The Kier molecular flexibility index (Phi) is 4.37. The molecule has 90 valence electrons. The molecule has 2 rings (SSSR count). The van der Waals surface area contributed by atoms with Crippen LogP contribution in [-0.4, -0.2) is 15.1 Å². The molecule has 0 saturated carbocycles. The molecule has 0 aliphatic carbocycles. The van der Waals surface area contributed by atoms with Crippen LogP contribution in [0.15, 0.2) is 42.6 Å². The number of hydrogen-bond donors (Lipinski definition) is 0. The van der Waals surface area contributed by atoms with Gasteiger partial charge in [-0.15, -0.1) is 0 Å². The lowest BCUT2D eigenvalue weighted by Gasteiger charge is -2.14. The first-order valence-corrected chi connectivity index (χ1v) is 7.01. The second kappa shape index (κ2) is 6.01. The Bertz CT molecular complexity index is 450. The van der Waals surface area contributed by atoms with Crippen LogP contribution in [0.25, 0.3) is 0 Å². The quantitative estimate of drug-likeness (QED) is 0.771. The third-order valence-corrected chi connectivity index (χ3v) is 3.91. The first kappa shape index (κ1) is 12.4. The fourth-order valence-electron chi connectivity index (χ4n) is 2.03. The van der Waals surface area contributed by atoms with Gasteiger partial charge in [-0.1, -0.05) is 46.3 Å². The van der Waals surface area contributed by atoms with Crippen molar-refractivity contribution in [2.45, 2.75) is 18.8 Å². The monoisotopic (exact) mass is 292 g/mol. The zero-order valence-electron chi connectivity index (χ0n) is 10.0. The van der Waals surface area contributed by atoms with Crippen molar-refractivity contribution in [3.05, 3.63) is 53.9 Å². The van der Waals surface area contributed by atoms with Crippen LogP contribution in [0.1, 0.15) is 23.6 Å². The molecule has 0 aliphatic rings. The van der Waals surface area contributed by atoms with Gasteiger partial charge in [-0.25, -0.2) is 0 Å². The minimum atomic E-state index is 0.575. The summed E-state index contributed by atoms with van der Waals surface area (Å²) in [5, 5.41) is 5.21. The lowest BCUT2D eigenvalue weighted by molar-refractivity contribution is 0.637. The minimum Gasteiger partial charge on any atom is -0.273 e. The predicted octanol–water partition coefficient (Wildman–Crippen LogP) is 3.53. The second-order valence-corrected chi connectivity index (χ2v) is 4.89. The van der Waals surface area contributed by atoms with E-state index in [2.05, 4.69) is 57.4 Å². The van der Waals surface area contributed by atoms with Crippen LogP contribution in [0.2, 0.25) is 0 Å². The number of alkyl halides is 1. The van der Waals surface area contributed by atoms with Crippen molar-refractivity contribution in [2.75, 3.05) is 5.33 Å². The van der Waals surface area contributed by atoms with Crippen LogP contribution in [0.3, 0.4) is 0 Å². The molecule has 0 bridgehead atoms. The van der Waals surface area contributed by atoms with Crippen LogP contribution in [0.5, 0.6) is 0 Å². The SMILES string of the molecule is Cn1nccc1CCC(CBr)c1ccccc1. The maximum absolute atomic E-state index is 4.20. The van der Waals surface area contributed by atoms with Crippen LogP contribution in [0, 0.1) is 0 Å². The fourth-order valence-corrected chi connectivity index (χ4v) is 2.72. The maximum Gasteiger partial charge on any atom is 0.0492 e. The molecule has 1 unspecified atom stereocenters. The number of aromatic nitrogens is 2. The van der Waals surface area contributed by atoms with Gasteiger partial charge in [0.2, 0.25) is 0 Å². The van der Waals surface area contributed by atoms with Gasteiger partial charge < -0.3 is 0 Å². The van der Waals surface area contributed by atoms with Crippen molar-refractivity contribution < 1.29 is 0 Å². The Labute approximate surface area is 111 Å². The number of aryl methyl sites for hydroxylation is 2. The highest BCUT2D eigenvalue weighted by atomic mass is 79.9. The number of nitrogens with zero attached hydrogens (tertiary/aromatic N) is 2. The summed E-state index contributed by atoms with van der Waals surface area (Å²) in [4.78, 5) is 0. The molecule has 0 saturated heterocycles. The molecule has 0 amide bonds. The van der Waals surface area contributed by atoms with E-state index in [1.54, 1.807) is 0 Å². The van der Waals surface area contributed by atoms with E-state index < -0.39 is 0 Å². The van der Waals surface area contributed by atoms with Crippen molar-refractivity contribution in [3.8, 4) is 0 Å². The molecular formula is C14H17BrN2. The molecule has 0 radical (unpaired) electrons. The van der Waals surface area contributed by atoms with Gasteiger partial charge in [0.05, 0.1) is 0 Å². The van der Waals surface area contributed by atoms with E-state index in [4.69, 9.17) is 0 Å². The fraction of sp³-hybridized carbons (Fsp3) is 0.357. The van der Waals surface area contributed by atoms with Crippen molar-refractivity contribution >= 4 is 15.9 Å². The minimum absolute atomic E-state index is 0.575. The average molecular weight is 293 g/mol. The molecule has 1 heterocycles. The zero-order valence-corrected chi connectivity index (χ0v) is 11.6. The zero-order chi connectivity index (χ0) is 12.1. The van der Waals surface area contributed by atoms with Crippen LogP contribution in [0.4, 0.5) is 0 Å². The number of hydrogen-bond acceptors (Lipinski definition) is 1. The lowest BCUT2D eigenvalue weighted by atomic mass is 9.95. The van der Waals surface area contributed by atoms with Crippen molar-refractivity contribution in [3.63, 3.8) is 0 Å². The topological polar surface area (TPSA) is 17.8 Å². The molecule has 0 spiro atoms. The number of rotatable bonds is 5. The summed E-state index contributed by atoms with van der Waals surface area (Å²) in [6.45, 7) is 0. The Morgan fingerprint density at radius 1 is 1.24 bits per heavy atom. The van der Waals surface area contributed by atoms with Gasteiger partial charge in [-0.05, 0) is 30.4 Å². The highest BCUT2D eigenvalue weighted by Crippen LogP contribution is 2.23. The van der Waals surface area contributed by atoms with E-state index in [1.807, 2.05) is 17.9 Å². The summed E-state index contributed by atoms with van der Waals surface area (Å²) in [5.41, 5.74) is 2.71. The molecular weight excluding hydrogens is 276 g/mol. The van der Waals surface area contributed by atoms with Gasteiger partial charge >= 0.3 is 0 Å². The molecule has 17 heavy (non-hydrogen) atoms. The summed E-state index contributed by atoms with van der Waals surface area (Å²) >= 11 is 3.61. The molecule has 1 atom stereocenters. The summed E-state index contributed by atoms with van der Waals surface area (Å²) in [7, 11) is 2.00. The van der Waals surface area contributed by atoms with E-state index in [1.165, 1.54) is 11.3 Å². The van der Waals surface area contributed by atoms with E-state index in [9.17, 15) is 0 Å². The summed E-state index contributed by atoms with van der Waals surface area (Å²) in [5.74, 6) is 0.575. The van der Waals surface area contributed by atoms with E-state index >= 15 is 0 Å². The summed E-state index contributed by atoms with van der Waals surface area (Å²) in [6.07, 6.45) is 4.08. The van der Waals surface area contributed by atoms with E-state index in [0.717, 1.165) is 18.2 Å². The largest absolute Gasteiger partial charge is 0.273 e. The van der Waals surface area contributed by atoms with Gasteiger partial charge in [0, 0.05) is 24.3 Å². The van der Waals surface area contributed by atoms with Gasteiger partial charge in [0.1, 0.15) is 0 Å². The molecule has 0 aliphatic heterocycles. The number of halogens is 1. The Morgan fingerprint density at radius 2 is 2.00 bits per heavy atom. The smallest absolute Gasteiger partial charge is 0.0492 e. The van der Waals surface area contributed by atoms with Crippen molar-refractivity contribution in [2.24, 2.45) is 7.05 Å². The van der Waals surface area contributed by atoms with Crippen LogP contribution >= 0.6 is 15.9 Å². The first-order chi connectivity index (χ1) is 8.31. The predicted molar refractivity (Wildman–Crippen MR) is 74.5 cm³/mol. The highest BCUT2D eigenvalue weighted by molar-refractivity contribution is 9.09. The van der Waals surface area contributed by atoms with Gasteiger partial charge in [-0.2, -0.15) is 5.10 Å². The Morgan fingerprint density at radius 3 is 2.59 bits per heavy atom. The second-order valence-electron chi connectivity index (χ2n) is 4.25. The normalized spacial score (nSPS) is 12.6. The van der Waals surface area contributed by atoms with Crippen LogP contribution in [-0.2, 0) is 13.5 Å². The molecule has 0 fully saturated rings. The van der Waals surface area contributed by atoms with E-state index in [-0.39, 0.29) is 0 Å². The standard InChI is InChI=1S/C14H17BrN2/c1-17-14(9-10-16-17)8-7-13(11-15)12-5-3-2-4-6-12/h2-6,9-10,13H,7-8,11H2,1H3. The lowest BCUT2D eigenvalue weighted by Crippen LogP contribution is -2.05. The van der Waals surface area contributed by atoms with Gasteiger partial charge in [0.25, 0.3) is 0 Å². The van der Waals surface area contributed by atoms with Gasteiger partial charge in [0.15, 0.2) is 0 Å². The molecule has 1 aromatic carbocycles. The molecule has 3 heteroatoms. The average Bonchev–Trinajstić information content (AvgIpc) is 2.77. The molecule has 0 N–H and O–H groups in total.